The lowest BCUT2D eigenvalue weighted by Gasteiger charge is -2.25. The molecule has 1 aliphatic rings. The molecule has 5 heteroatoms. The molecule has 0 saturated carbocycles. The fourth-order valence-corrected chi connectivity index (χ4v) is 2.82. The number of nitrogens with one attached hydrogen (secondary N) is 2. The smallest absolute Gasteiger partial charge is 0.221 e. The van der Waals surface area contributed by atoms with Gasteiger partial charge in [-0.15, -0.1) is 0 Å². The van der Waals surface area contributed by atoms with E-state index < -0.39 is 0 Å². The molecule has 1 amide bonds. The Labute approximate surface area is 124 Å². The standard InChI is InChI=1S/C16H20N4O/c1-12(21)19-14-4-2-13(3-5-14)16-18-10-11-20(16)15-6-8-17-9-7-15/h2-5,10-11,15,17H,6-9H2,1H3,(H,19,21). The number of amides is 1. The molecule has 2 aromatic rings. The summed E-state index contributed by atoms with van der Waals surface area (Å²) in [7, 11) is 0. The second kappa shape index (κ2) is 6.10. The van der Waals surface area contributed by atoms with Crippen LogP contribution < -0.4 is 10.6 Å². The third-order valence-corrected chi connectivity index (χ3v) is 3.83. The van der Waals surface area contributed by atoms with Gasteiger partial charge in [-0.1, -0.05) is 0 Å². The van der Waals surface area contributed by atoms with Crippen molar-refractivity contribution in [2.45, 2.75) is 25.8 Å². The van der Waals surface area contributed by atoms with Crippen LogP contribution in [0.4, 0.5) is 5.69 Å². The number of aromatic nitrogens is 2. The molecular weight excluding hydrogens is 264 g/mol. The lowest BCUT2D eigenvalue weighted by Crippen LogP contribution is -2.29. The maximum Gasteiger partial charge on any atom is 0.221 e. The summed E-state index contributed by atoms with van der Waals surface area (Å²) < 4.78 is 2.27. The quantitative estimate of drug-likeness (QED) is 0.910. The van der Waals surface area contributed by atoms with E-state index in [2.05, 4.69) is 26.4 Å². The molecule has 5 nitrogen and oxygen atoms in total. The molecule has 2 N–H and O–H groups in total. The SMILES string of the molecule is CC(=O)Nc1ccc(-c2nccn2C2CCNCC2)cc1. The summed E-state index contributed by atoms with van der Waals surface area (Å²) in [6, 6.07) is 8.35. The predicted octanol–water partition coefficient (Wildman–Crippen LogP) is 2.43. The first-order valence-electron chi connectivity index (χ1n) is 7.35. The Balaban J connectivity index is 1.83. The van der Waals surface area contributed by atoms with Crippen LogP contribution in [0, 0.1) is 0 Å². The third-order valence-electron chi connectivity index (χ3n) is 3.83. The van der Waals surface area contributed by atoms with Crippen molar-refractivity contribution in [3.8, 4) is 11.4 Å². The average molecular weight is 284 g/mol. The van der Waals surface area contributed by atoms with Gasteiger partial charge >= 0.3 is 0 Å². The third kappa shape index (κ3) is 3.13. The fraction of sp³-hybridized carbons (Fsp3) is 0.375. The first-order chi connectivity index (χ1) is 10.2. The molecule has 1 aliphatic heterocycles. The van der Waals surface area contributed by atoms with Gasteiger partial charge in [-0.3, -0.25) is 4.79 Å². The zero-order chi connectivity index (χ0) is 14.7. The molecule has 0 aliphatic carbocycles. The summed E-state index contributed by atoms with van der Waals surface area (Å²) in [6.45, 7) is 3.63. The molecule has 1 fully saturated rings. The molecule has 21 heavy (non-hydrogen) atoms. The molecule has 2 heterocycles. The second-order valence-corrected chi connectivity index (χ2v) is 5.40. The Kier molecular flexibility index (Phi) is 4.01. The topological polar surface area (TPSA) is 59.0 Å². The molecule has 3 rings (SSSR count). The van der Waals surface area contributed by atoms with Gasteiger partial charge in [0, 0.05) is 36.6 Å². The number of rotatable bonds is 3. The summed E-state index contributed by atoms with van der Waals surface area (Å²) in [5.74, 6) is 0.940. The first-order valence-corrected chi connectivity index (χ1v) is 7.35. The molecule has 0 bridgehead atoms. The number of piperidine rings is 1. The van der Waals surface area contributed by atoms with Crippen molar-refractivity contribution in [3.63, 3.8) is 0 Å². The number of imidazole rings is 1. The molecule has 0 radical (unpaired) electrons. The van der Waals surface area contributed by atoms with Crippen LogP contribution in [0.25, 0.3) is 11.4 Å². The lowest BCUT2D eigenvalue weighted by atomic mass is 10.1. The summed E-state index contributed by atoms with van der Waals surface area (Å²) in [5.41, 5.74) is 1.89. The normalized spacial score (nSPS) is 15.9. The van der Waals surface area contributed by atoms with E-state index in [1.54, 1.807) is 0 Å². The van der Waals surface area contributed by atoms with Gasteiger partial charge in [-0.25, -0.2) is 4.98 Å². The van der Waals surface area contributed by atoms with E-state index in [9.17, 15) is 4.79 Å². The molecule has 1 aromatic carbocycles. The van der Waals surface area contributed by atoms with Crippen LogP contribution in [0.2, 0.25) is 0 Å². The minimum atomic E-state index is -0.0565. The van der Waals surface area contributed by atoms with Crippen molar-refractivity contribution in [2.24, 2.45) is 0 Å². The monoisotopic (exact) mass is 284 g/mol. The number of carbonyl (C=O) groups is 1. The fourth-order valence-electron chi connectivity index (χ4n) is 2.82. The Hall–Kier alpha value is -2.14. The summed E-state index contributed by atoms with van der Waals surface area (Å²) in [4.78, 5) is 15.6. The van der Waals surface area contributed by atoms with Crippen molar-refractivity contribution in [2.75, 3.05) is 18.4 Å². The van der Waals surface area contributed by atoms with Crippen molar-refractivity contribution < 1.29 is 4.79 Å². The number of hydrogen-bond acceptors (Lipinski definition) is 3. The van der Waals surface area contributed by atoms with Gasteiger partial charge in [0.1, 0.15) is 5.82 Å². The largest absolute Gasteiger partial charge is 0.328 e. The number of anilines is 1. The number of benzene rings is 1. The van der Waals surface area contributed by atoms with Crippen LogP contribution in [-0.2, 0) is 4.79 Å². The zero-order valence-electron chi connectivity index (χ0n) is 12.2. The molecule has 1 aromatic heterocycles. The summed E-state index contributed by atoms with van der Waals surface area (Å²) >= 11 is 0. The van der Waals surface area contributed by atoms with E-state index >= 15 is 0 Å². The number of carbonyl (C=O) groups excluding carboxylic acids is 1. The molecule has 1 saturated heterocycles. The minimum absolute atomic E-state index is 0.0565. The second-order valence-electron chi connectivity index (χ2n) is 5.40. The maximum atomic E-state index is 11.1. The van der Waals surface area contributed by atoms with Gasteiger partial charge in [-0.05, 0) is 50.2 Å². The zero-order valence-corrected chi connectivity index (χ0v) is 12.2. The van der Waals surface area contributed by atoms with Gasteiger partial charge in [0.2, 0.25) is 5.91 Å². The van der Waals surface area contributed by atoms with Gasteiger partial charge in [0.15, 0.2) is 0 Å². The van der Waals surface area contributed by atoms with Crippen LogP contribution in [0.5, 0.6) is 0 Å². The van der Waals surface area contributed by atoms with Crippen molar-refractivity contribution in [1.29, 1.82) is 0 Å². The highest BCUT2D eigenvalue weighted by molar-refractivity contribution is 5.88. The molecule has 110 valence electrons. The van der Waals surface area contributed by atoms with Gasteiger partial charge in [0.25, 0.3) is 0 Å². The van der Waals surface area contributed by atoms with E-state index in [1.165, 1.54) is 6.92 Å². The highest BCUT2D eigenvalue weighted by Crippen LogP contribution is 2.26. The Morgan fingerprint density at radius 1 is 1.29 bits per heavy atom. The minimum Gasteiger partial charge on any atom is -0.328 e. The Morgan fingerprint density at radius 2 is 2.00 bits per heavy atom. The van der Waals surface area contributed by atoms with Crippen LogP contribution in [-0.4, -0.2) is 28.5 Å². The van der Waals surface area contributed by atoms with E-state index in [0.29, 0.717) is 6.04 Å². The Bertz CT molecular complexity index is 611. The average Bonchev–Trinajstić information content (AvgIpc) is 2.98. The lowest BCUT2D eigenvalue weighted by molar-refractivity contribution is -0.114. The highest BCUT2D eigenvalue weighted by atomic mass is 16.1. The van der Waals surface area contributed by atoms with Crippen molar-refractivity contribution in [3.05, 3.63) is 36.7 Å². The number of nitrogens with zero attached hydrogens (tertiary/aromatic N) is 2. The van der Waals surface area contributed by atoms with Crippen LogP contribution in [0.1, 0.15) is 25.8 Å². The Morgan fingerprint density at radius 3 is 2.67 bits per heavy atom. The van der Waals surface area contributed by atoms with Crippen LogP contribution in [0.15, 0.2) is 36.7 Å². The van der Waals surface area contributed by atoms with Gasteiger partial charge in [0.05, 0.1) is 0 Å². The van der Waals surface area contributed by atoms with Gasteiger partial charge < -0.3 is 15.2 Å². The van der Waals surface area contributed by atoms with Crippen molar-refractivity contribution in [1.82, 2.24) is 14.9 Å². The summed E-state index contributed by atoms with van der Waals surface area (Å²) in [5, 5.41) is 6.17. The summed E-state index contributed by atoms with van der Waals surface area (Å²) in [6.07, 6.45) is 6.19. The molecular formula is C16H20N4O. The van der Waals surface area contributed by atoms with Crippen LogP contribution in [0.3, 0.4) is 0 Å². The van der Waals surface area contributed by atoms with E-state index in [0.717, 1.165) is 43.0 Å². The molecule has 0 unspecified atom stereocenters. The van der Waals surface area contributed by atoms with E-state index in [1.807, 2.05) is 30.5 Å². The number of hydrogen-bond donors (Lipinski definition) is 2. The van der Waals surface area contributed by atoms with E-state index in [-0.39, 0.29) is 5.91 Å². The highest BCUT2D eigenvalue weighted by Gasteiger charge is 2.18. The van der Waals surface area contributed by atoms with Crippen molar-refractivity contribution >= 4 is 11.6 Å². The molecule has 0 atom stereocenters. The maximum absolute atomic E-state index is 11.1. The van der Waals surface area contributed by atoms with Crippen LogP contribution >= 0.6 is 0 Å². The first kappa shape index (κ1) is 13.8. The van der Waals surface area contributed by atoms with Gasteiger partial charge in [-0.2, -0.15) is 0 Å². The molecule has 0 spiro atoms. The predicted molar refractivity (Wildman–Crippen MR) is 83.1 cm³/mol. The van der Waals surface area contributed by atoms with E-state index in [4.69, 9.17) is 0 Å².